The standard InChI is InChI=1S/C15H14BrNO3/c1-20-14-7-4-11(8-13(14)16)15(19)17-12-5-2-10(9-18)3-6-12/h2-8,18H,9H2,1H3,(H,17,19). The zero-order chi connectivity index (χ0) is 14.5. The van der Waals surface area contributed by atoms with Crippen LogP contribution in [-0.4, -0.2) is 18.1 Å². The third-order valence-electron chi connectivity index (χ3n) is 2.81. The fraction of sp³-hybridized carbons (Fsp3) is 0.133. The van der Waals surface area contributed by atoms with Crippen LogP contribution in [0.5, 0.6) is 5.75 Å². The van der Waals surface area contributed by atoms with E-state index >= 15 is 0 Å². The zero-order valence-electron chi connectivity index (χ0n) is 10.9. The number of hydrogen-bond acceptors (Lipinski definition) is 3. The molecule has 0 saturated heterocycles. The van der Waals surface area contributed by atoms with Gasteiger partial charge in [0.25, 0.3) is 5.91 Å². The molecule has 20 heavy (non-hydrogen) atoms. The molecule has 0 saturated carbocycles. The van der Waals surface area contributed by atoms with Gasteiger partial charge in [-0.25, -0.2) is 0 Å². The van der Waals surface area contributed by atoms with Crippen LogP contribution in [-0.2, 0) is 6.61 Å². The summed E-state index contributed by atoms with van der Waals surface area (Å²) in [6, 6.07) is 12.2. The number of benzene rings is 2. The van der Waals surface area contributed by atoms with Gasteiger partial charge in [-0.05, 0) is 51.8 Å². The molecule has 0 aromatic heterocycles. The summed E-state index contributed by atoms with van der Waals surface area (Å²) >= 11 is 3.35. The number of aliphatic hydroxyl groups excluding tert-OH is 1. The highest BCUT2D eigenvalue weighted by Crippen LogP contribution is 2.25. The number of nitrogens with one attached hydrogen (secondary N) is 1. The fourth-order valence-electron chi connectivity index (χ4n) is 1.70. The molecule has 2 N–H and O–H groups in total. The van der Waals surface area contributed by atoms with Crippen molar-refractivity contribution in [1.82, 2.24) is 0 Å². The Kier molecular flexibility index (Phi) is 4.76. The number of methoxy groups -OCH3 is 1. The average Bonchev–Trinajstić information content (AvgIpc) is 2.48. The molecule has 104 valence electrons. The number of hydrogen-bond donors (Lipinski definition) is 2. The Morgan fingerprint density at radius 2 is 1.95 bits per heavy atom. The van der Waals surface area contributed by atoms with Crippen molar-refractivity contribution >= 4 is 27.5 Å². The van der Waals surface area contributed by atoms with E-state index in [1.165, 1.54) is 0 Å². The third kappa shape index (κ3) is 3.37. The van der Waals surface area contributed by atoms with Crippen LogP contribution in [0.2, 0.25) is 0 Å². The summed E-state index contributed by atoms with van der Waals surface area (Å²) in [4.78, 5) is 12.1. The number of carbonyl (C=O) groups excluding carboxylic acids is 1. The van der Waals surface area contributed by atoms with Gasteiger partial charge in [0.15, 0.2) is 0 Å². The van der Waals surface area contributed by atoms with Crippen LogP contribution in [0.4, 0.5) is 5.69 Å². The predicted molar refractivity (Wildman–Crippen MR) is 81.0 cm³/mol. The monoisotopic (exact) mass is 335 g/mol. The van der Waals surface area contributed by atoms with E-state index in [0.717, 1.165) is 10.0 Å². The Labute approximate surface area is 125 Å². The lowest BCUT2D eigenvalue weighted by Gasteiger charge is -2.08. The maximum Gasteiger partial charge on any atom is 0.255 e. The summed E-state index contributed by atoms with van der Waals surface area (Å²) in [5, 5.41) is 11.8. The van der Waals surface area contributed by atoms with Gasteiger partial charge >= 0.3 is 0 Å². The topological polar surface area (TPSA) is 58.6 Å². The van der Waals surface area contributed by atoms with Crippen LogP contribution in [0, 0.1) is 0 Å². The van der Waals surface area contributed by atoms with Gasteiger partial charge in [0, 0.05) is 11.3 Å². The minimum atomic E-state index is -0.204. The summed E-state index contributed by atoms with van der Waals surface area (Å²) in [6.07, 6.45) is 0. The largest absolute Gasteiger partial charge is 0.496 e. The third-order valence-corrected chi connectivity index (χ3v) is 3.43. The van der Waals surface area contributed by atoms with Gasteiger partial charge in [-0.3, -0.25) is 4.79 Å². The van der Waals surface area contributed by atoms with Gasteiger partial charge in [0.05, 0.1) is 18.2 Å². The van der Waals surface area contributed by atoms with Crippen molar-refractivity contribution in [1.29, 1.82) is 0 Å². The van der Waals surface area contributed by atoms with Gasteiger partial charge in [0.2, 0.25) is 0 Å². The number of carbonyl (C=O) groups is 1. The van der Waals surface area contributed by atoms with Gasteiger partial charge in [-0.15, -0.1) is 0 Å². The normalized spacial score (nSPS) is 10.2. The molecule has 2 aromatic rings. The van der Waals surface area contributed by atoms with Gasteiger partial charge in [-0.2, -0.15) is 0 Å². The lowest BCUT2D eigenvalue weighted by atomic mass is 10.2. The van der Waals surface area contributed by atoms with Gasteiger partial charge in [-0.1, -0.05) is 12.1 Å². The second-order valence-corrected chi connectivity index (χ2v) is 5.01. The van der Waals surface area contributed by atoms with Crippen LogP contribution >= 0.6 is 15.9 Å². The van der Waals surface area contributed by atoms with Crippen LogP contribution < -0.4 is 10.1 Å². The molecule has 0 aliphatic rings. The Balaban J connectivity index is 2.12. The van der Waals surface area contributed by atoms with E-state index in [2.05, 4.69) is 21.2 Å². The second kappa shape index (κ2) is 6.54. The summed E-state index contributed by atoms with van der Waals surface area (Å²) in [6.45, 7) is -0.0142. The first kappa shape index (κ1) is 14.6. The highest BCUT2D eigenvalue weighted by Gasteiger charge is 2.09. The molecule has 4 nitrogen and oxygen atoms in total. The van der Waals surface area contributed by atoms with Crippen LogP contribution in [0.3, 0.4) is 0 Å². The first-order valence-electron chi connectivity index (χ1n) is 5.98. The van der Waals surface area contributed by atoms with Crippen LogP contribution in [0.1, 0.15) is 15.9 Å². The van der Waals surface area contributed by atoms with E-state index in [1.54, 1.807) is 49.6 Å². The molecule has 0 fully saturated rings. The molecular weight excluding hydrogens is 322 g/mol. The SMILES string of the molecule is COc1ccc(C(=O)Nc2ccc(CO)cc2)cc1Br. The maximum atomic E-state index is 12.1. The fourth-order valence-corrected chi connectivity index (χ4v) is 2.25. The summed E-state index contributed by atoms with van der Waals surface area (Å²) in [7, 11) is 1.57. The van der Waals surface area contributed by atoms with Crippen molar-refractivity contribution in [2.75, 3.05) is 12.4 Å². The molecule has 0 heterocycles. The van der Waals surface area contributed by atoms with Crippen molar-refractivity contribution in [2.24, 2.45) is 0 Å². The lowest BCUT2D eigenvalue weighted by molar-refractivity contribution is 0.102. The van der Waals surface area contributed by atoms with E-state index in [4.69, 9.17) is 9.84 Å². The molecule has 0 aliphatic carbocycles. The van der Waals surface area contributed by atoms with E-state index < -0.39 is 0 Å². The number of rotatable bonds is 4. The van der Waals surface area contributed by atoms with Crippen molar-refractivity contribution in [3.05, 3.63) is 58.1 Å². The van der Waals surface area contributed by atoms with E-state index in [0.29, 0.717) is 17.0 Å². The highest BCUT2D eigenvalue weighted by molar-refractivity contribution is 9.10. The number of ether oxygens (including phenoxy) is 1. The summed E-state index contributed by atoms with van der Waals surface area (Å²) in [5.74, 6) is 0.471. The molecule has 0 radical (unpaired) electrons. The highest BCUT2D eigenvalue weighted by atomic mass is 79.9. The molecule has 2 aromatic carbocycles. The molecule has 0 atom stereocenters. The molecule has 2 rings (SSSR count). The number of anilines is 1. The van der Waals surface area contributed by atoms with Gasteiger partial charge < -0.3 is 15.2 Å². The molecule has 0 bridgehead atoms. The van der Waals surface area contributed by atoms with Crippen molar-refractivity contribution in [3.63, 3.8) is 0 Å². The Bertz CT molecular complexity index is 611. The zero-order valence-corrected chi connectivity index (χ0v) is 12.5. The molecule has 1 amide bonds. The smallest absolute Gasteiger partial charge is 0.255 e. The predicted octanol–water partition coefficient (Wildman–Crippen LogP) is 3.20. The number of amides is 1. The van der Waals surface area contributed by atoms with E-state index in [-0.39, 0.29) is 12.5 Å². The summed E-state index contributed by atoms with van der Waals surface area (Å²) in [5.41, 5.74) is 2.01. The lowest BCUT2D eigenvalue weighted by Crippen LogP contribution is -2.11. The van der Waals surface area contributed by atoms with Crippen LogP contribution in [0.15, 0.2) is 46.9 Å². The first-order chi connectivity index (χ1) is 9.63. The first-order valence-corrected chi connectivity index (χ1v) is 6.78. The minimum Gasteiger partial charge on any atom is -0.496 e. The maximum absolute atomic E-state index is 12.1. The number of aliphatic hydroxyl groups is 1. The Hall–Kier alpha value is -1.85. The minimum absolute atomic E-state index is 0.0142. The molecule has 5 heteroatoms. The van der Waals surface area contributed by atoms with Crippen molar-refractivity contribution in [2.45, 2.75) is 6.61 Å². The average molecular weight is 336 g/mol. The van der Waals surface area contributed by atoms with Crippen LogP contribution in [0.25, 0.3) is 0 Å². The molecule has 0 unspecified atom stereocenters. The summed E-state index contributed by atoms with van der Waals surface area (Å²) < 4.78 is 5.85. The van der Waals surface area contributed by atoms with Crippen molar-refractivity contribution < 1.29 is 14.6 Å². The number of halogens is 1. The molecule has 0 spiro atoms. The van der Waals surface area contributed by atoms with Crippen molar-refractivity contribution in [3.8, 4) is 5.75 Å². The van der Waals surface area contributed by atoms with Gasteiger partial charge in [0.1, 0.15) is 5.75 Å². The second-order valence-electron chi connectivity index (χ2n) is 4.16. The van der Waals surface area contributed by atoms with E-state index in [9.17, 15) is 4.79 Å². The van der Waals surface area contributed by atoms with E-state index in [1.807, 2.05) is 0 Å². The Morgan fingerprint density at radius 3 is 2.50 bits per heavy atom. The molecule has 0 aliphatic heterocycles. The Morgan fingerprint density at radius 1 is 1.25 bits per heavy atom. The molecular formula is C15H14BrNO3. The quantitative estimate of drug-likeness (QED) is 0.901.